The van der Waals surface area contributed by atoms with Crippen LogP contribution < -0.4 is 5.32 Å². The number of hydrogen-bond donors (Lipinski definition) is 1. The Kier molecular flexibility index (Phi) is 7.34. The van der Waals surface area contributed by atoms with Crippen LogP contribution in [-0.4, -0.2) is 32.5 Å². The summed E-state index contributed by atoms with van der Waals surface area (Å²) < 4.78 is 2.13. The minimum Gasteiger partial charge on any atom is -0.353 e. The van der Waals surface area contributed by atoms with Gasteiger partial charge in [-0.2, -0.15) is 0 Å². The van der Waals surface area contributed by atoms with Crippen molar-refractivity contribution in [3.8, 4) is 0 Å². The Labute approximate surface area is 149 Å². The summed E-state index contributed by atoms with van der Waals surface area (Å²) in [5.74, 6) is 2.41. The number of nitrogens with zero attached hydrogens (tertiary/aromatic N) is 3. The zero-order valence-corrected chi connectivity index (χ0v) is 15.9. The molecule has 6 heteroatoms. The molecule has 1 saturated carbocycles. The van der Waals surface area contributed by atoms with E-state index in [-0.39, 0.29) is 11.9 Å². The molecule has 0 aliphatic heterocycles. The van der Waals surface area contributed by atoms with Gasteiger partial charge in [0.05, 0.1) is 5.75 Å². The zero-order chi connectivity index (χ0) is 17.5. The van der Waals surface area contributed by atoms with Gasteiger partial charge in [-0.15, -0.1) is 16.8 Å². The summed E-state index contributed by atoms with van der Waals surface area (Å²) in [7, 11) is 0. The molecule has 1 aliphatic rings. The second-order valence-corrected chi connectivity index (χ2v) is 7.91. The van der Waals surface area contributed by atoms with Crippen molar-refractivity contribution in [3.63, 3.8) is 0 Å². The molecule has 0 spiro atoms. The maximum Gasteiger partial charge on any atom is 0.230 e. The first-order chi connectivity index (χ1) is 11.5. The van der Waals surface area contributed by atoms with Gasteiger partial charge in [-0.1, -0.05) is 50.9 Å². The number of carbonyl (C=O) groups is 1. The van der Waals surface area contributed by atoms with Crippen molar-refractivity contribution >= 4 is 17.7 Å². The highest BCUT2D eigenvalue weighted by Crippen LogP contribution is 2.33. The van der Waals surface area contributed by atoms with Crippen LogP contribution in [0, 0.1) is 5.92 Å². The lowest BCUT2D eigenvalue weighted by Gasteiger charge is -2.21. The molecule has 1 fully saturated rings. The third kappa shape index (κ3) is 5.10. The lowest BCUT2D eigenvalue weighted by atomic mass is 9.89. The first-order valence-electron chi connectivity index (χ1n) is 8.99. The molecular formula is C18H30N4OS. The van der Waals surface area contributed by atoms with Crippen LogP contribution in [0.15, 0.2) is 17.8 Å². The van der Waals surface area contributed by atoms with E-state index in [1.54, 1.807) is 0 Å². The van der Waals surface area contributed by atoms with E-state index in [2.05, 4.69) is 40.5 Å². The van der Waals surface area contributed by atoms with Gasteiger partial charge in [-0.3, -0.25) is 4.79 Å². The molecule has 1 heterocycles. The molecule has 1 aromatic heterocycles. The Morgan fingerprint density at radius 2 is 2.04 bits per heavy atom. The maximum absolute atomic E-state index is 12.1. The van der Waals surface area contributed by atoms with E-state index in [9.17, 15) is 4.79 Å². The first kappa shape index (κ1) is 19.0. The fraction of sp³-hybridized carbons (Fsp3) is 0.722. The predicted octanol–water partition coefficient (Wildman–Crippen LogP) is 3.76. The Hall–Kier alpha value is -1.30. The first-order valence-corrected chi connectivity index (χ1v) is 9.97. The zero-order valence-electron chi connectivity index (χ0n) is 15.1. The molecule has 0 bridgehead atoms. The third-order valence-electron chi connectivity index (χ3n) is 4.75. The minimum absolute atomic E-state index is 0.0496. The van der Waals surface area contributed by atoms with Gasteiger partial charge in [-0.05, 0) is 25.7 Å². The van der Waals surface area contributed by atoms with E-state index in [4.69, 9.17) is 0 Å². The van der Waals surface area contributed by atoms with E-state index >= 15 is 0 Å². The van der Waals surface area contributed by atoms with E-state index < -0.39 is 0 Å². The molecule has 1 amide bonds. The van der Waals surface area contributed by atoms with Crippen LogP contribution in [0.25, 0.3) is 0 Å². The summed E-state index contributed by atoms with van der Waals surface area (Å²) in [6, 6.07) is 0.182. The van der Waals surface area contributed by atoms with Crippen LogP contribution in [0.5, 0.6) is 0 Å². The van der Waals surface area contributed by atoms with Gasteiger partial charge in [0.1, 0.15) is 5.82 Å². The van der Waals surface area contributed by atoms with Crippen LogP contribution in [0.3, 0.4) is 0 Å². The van der Waals surface area contributed by atoms with Crippen LogP contribution in [0.1, 0.15) is 64.6 Å². The number of nitrogens with one attached hydrogen (secondary N) is 1. The average Bonchev–Trinajstić information content (AvgIpc) is 2.97. The smallest absolute Gasteiger partial charge is 0.230 e. The van der Waals surface area contributed by atoms with Gasteiger partial charge in [0.25, 0.3) is 0 Å². The van der Waals surface area contributed by atoms with Crippen molar-refractivity contribution in [2.45, 2.75) is 76.5 Å². The highest BCUT2D eigenvalue weighted by atomic mass is 32.2. The van der Waals surface area contributed by atoms with Crippen molar-refractivity contribution in [2.24, 2.45) is 5.92 Å². The monoisotopic (exact) mass is 350 g/mol. The number of thioether (sulfide) groups is 1. The molecular weight excluding hydrogens is 320 g/mol. The van der Waals surface area contributed by atoms with Crippen molar-refractivity contribution in [2.75, 3.05) is 5.75 Å². The van der Waals surface area contributed by atoms with E-state index in [1.165, 1.54) is 43.9 Å². The second-order valence-electron chi connectivity index (χ2n) is 6.96. The van der Waals surface area contributed by atoms with Crippen LogP contribution in [0.4, 0.5) is 0 Å². The molecule has 1 aromatic rings. The second kappa shape index (κ2) is 9.25. The van der Waals surface area contributed by atoms with Gasteiger partial charge >= 0.3 is 0 Å². The summed E-state index contributed by atoms with van der Waals surface area (Å²) in [5.41, 5.74) is 0. The number of amides is 1. The summed E-state index contributed by atoms with van der Waals surface area (Å²) in [5, 5.41) is 12.6. The van der Waals surface area contributed by atoms with Crippen LogP contribution in [0.2, 0.25) is 0 Å². The van der Waals surface area contributed by atoms with Gasteiger partial charge in [0, 0.05) is 18.5 Å². The Morgan fingerprint density at radius 3 is 2.67 bits per heavy atom. The number of allylic oxidation sites excluding steroid dienone is 1. The van der Waals surface area contributed by atoms with Crippen molar-refractivity contribution < 1.29 is 4.79 Å². The molecule has 0 unspecified atom stereocenters. The van der Waals surface area contributed by atoms with E-state index in [0.717, 1.165) is 11.0 Å². The molecule has 1 atom stereocenters. The number of aromatic nitrogens is 3. The van der Waals surface area contributed by atoms with Crippen LogP contribution >= 0.6 is 11.8 Å². The van der Waals surface area contributed by atoms with Crippen LogP contribution in [-0.2, 0) is 11.3 Å². The SMILES string of the molecule is C=CCn1c(SCC(=O)N[C@H](C)C(C)C)nnc1C1CCCCC1. The summed E-state index contributed by atoms with van der Waals surface area (Å²) >= 11 is 1.46. The summed E-state index contributed by atoms with van der Waals surface area (Å²) in [4.78, 5) is 12.1. The van der Waals surface area contributed by atoms with Crippen molar-refractivity contribution in [1.29, 1.82) is 0 Å². The Morgan fingerprint density at radius 1 is 1.33 bits per heavy atom. The Bertz CT molecular complexity index is 549. The topological polar surface area (TPSA) is 59.8 Å². The molecule has 1 N–H and O–H groups in total. The van der Waals surface area contributed by atoms with Gasteiger partial charge < -0.3 is 9.88 Å². The molecule has 134 valence electrons. The third-order valence-corrected chi connectivity index (χ3v) is 5.72. The highest BCUT2D eigenvalue weighted by molar-refractivity contribution is 7.99. The van der Waals surface area contributed by atoms with E-state index in [1.807, 2.05) is 13.0 Å². The fourth-order valence-electron chi connectivity index (χ4n) is 2.96. The predicted molar refractivity (Wildman–Crippen MR) is 99.2 cm³/mol. The number of carbonyl (C=O) groups excluding carboxylic acids is 1. The maximum atomic E-state index is 12.1. The molecule has 0 radical (unpaired) electrons. The average molecular weight is 351 g/mol. The van der Waals surface area contributed by atoms with Crippen molar-refractivity contribution in [3.05, 3.63) is 18.5 Å². The Balaban J connectivity index is 2.00. The molecule has 2 rings (SSSR count). The molecule has 5 nitrogen and oxygen atoms in total. The molecule has 1 aliphatic carbocycles. The normalized spacial score (nSPS) is 17.0. The highest BCUT2D eigenvalue weighted by Gasteiger charge is 2.23. The number of rotatable bonds is 8. The molecule has 0 aromatic carbocycles. The lowest BCUT2D eigenvalue weighted by molar-refractivity contribution is -0.119. The number of hydrogen-bond acceptors (Lipinski definition) is 4. The standard InChI is InChI=1S/C18H30N4OS/c1-5-11-22-17(15-9-7-6-8-10-15)20-21-18(22)24-12-16(23)19-14(4)13(2)3/h5,13-15H,1,6-12H2,2-4H3,(H,19,23)/t14-/m1/s1. The van der Waals surface area contributed by atoms with Crippen molar-refractivity contribution in [1.82, 2.24) is 20.1 Å². The minimum atomic E-state index is 0.0496. The summed E-state index contributed by atoms with van der Waals surface area (Å²) in [6.07, 6.45) is 8.11. The molecule has 24 heavy (non-hydrogen) atoms. The lowest BCUT2D eigenvalue weighted by Crippen LogP contribution is -2.37. The van der Waals surface area contributed by atoms with E-state index in [0.29, 0.717) is 24.1 Å². The fourth-order valence-corrected chi connectivity index (χ4v) is 3.73. The quantitative estimate of drug-likeness (QED) is 0.573. The summed E-state index contributed by atoms with van der Waals surface area (Å²) in [6.45, 7) is 10.8. The van der Waals surface area contributed by atoms with Gasteiger partial charge in [0.15, 0.2) is 5.16 Å². The molecule has 0 saturated heterocycles. The van der Waals surface area contributed by atoms with Gasteiger partial charge in [-0.25, -0.2) is 0 Å². The van der Waals surface area contributed by atoms with Gasteiger partial charge in [0.2, 0.25) is 5.91 Å². The largest absolute Gasteiger partial charge is 0.353 e.